The number of aromatic nitrogens is 3. The molecule has 7 nitrogen and oxygen atoms in total. The summed E-state index contributed by atoms with van der Waals surface area (Å²) in [6.07, 6.45) is -0.0280. The van der Waals surface area contributed by atoms with E-state index in [4.69, 9.17) is 26.3 Å². The average Bonchev–Trinajstić information content (AvgIpc) is 2.95. The van der Waals surface area contributed by atoms with Crippen LogP contribution in [0.5, 0.6) is 0 Å². The topological polar surface area (TPSA) is 81.1 Å². The maximum atomic E-state index is 11.7. The van der Waals surface area contributed by atoms with E-state index >= 15 is 0 Å². The molecule has 0 aliphatic heterocycles. The molecule has 2 heterocycles. The summed E-state index contributed by atoms with van der Waals surface area (Å²) < 4.78 is 7.66. The smallest absolute Gasteiger partial charge is 0.407 e. The molecule has 0 radical (unpaired) electrons. The monoisotopic (exact) mass is 457 g/mol. The number of aryl methyl sites for hydroxylation is 4. The van der Waals surface area contributed by atoms with Crippen molar-refractivity contribution in [1.82, 2.24) is 19.9 Å². The maximum Gasteiger partial charge on any atom is 0.407 e. The predicted molar refractivity (Wildman–Crippen MR) is 130 cm³/mol. The largest absolute Gasteiger partial charge is 0.444 e. The Balaban J connectivity index is 2.17. The molecule has 3 aromatic rings. The fourth-order valence-electron chi connectivity index (χ4n) is 4.24. The molecule has 2 N–H and O–H groups in total. The molecule has 2 unspecified atom stereocenters. The number of benzene rings is 1. The number of amides is 1. The second-order valence-electron chi connectivity index (χ2n) is 8.27. The summed E-state index contributed by atoms with van der Waals surface area (Å²) in [5.41, 5.74) is 6.29. The Morgan fingerprint density at radius 1 is 1.16 bits per heavy atom. The summed E-state index contributed by atoms with van der Waals surface area (Å²) in [5.74, 6) is 1.41. The van der Waals surface area contributed by atoms with Gasteiger partial charge in [0.15, 0.2) is 5.65 Å². The Labute approximate surface area is 194 Å². The SMILES string of the molecule is CCC(Nc1nc(C)nc2c1c(C)c(C)n2-c1c(C)cc(Cl)cc1C)C(C)OC(=O)NC. The van der Waals surface area contributed by atoms with Crippen molar-refractivity contribution < 1.29 is 9.53 Å². The van der Waals surface area contributed by atoms with Gasteiger partial charge in [-0.15, -0.1) is 0 Å². The summed E-state index contributed by atoms with van der Waals surface area (Å²) in [6.45, 7) is 14.1. The Hall–Kier alpha value is -2.80. The number of rotatable bonds is 6. The highest BCUT2D eigenvalue weighted by Crippen LogP contribution is 2.35. The molecule has 0 bridgehead atoms. The summed E-state index contributed by atoms with van der Waals surface area (Å²) in [7, 11) is 1.55. The number of hydrogen-bond donors (Lipinski definition) is 2. The quantitative estimate of drug-likeness (QED) is 0.507. The van der Waals surface area contributed by atoms with Gasteiger partial charge in [0, 0.05) is 17.8 Å². The molecule has 172 valence electrons. The van der Waals surface area contributed by atoms with Gasteiger partial charge in [-0.25, -0.2) is 14.8 Å². The second-order valence-corrected chi connectivity index (χ2v) is 8.71. The minimum absolute atomic E-state index is 0.105. The third kappa shape index (κ3) is 4.39. The Morgan fingerprint density at radius 2 is 1.78 bits per heavy atom. The molecule has 0 saturated carbocycles. The van der Waals surface area contributed by atoms with E-state index in [1.54, 1.807) is 7.05 Å². The molecule has 0 saturated heterocycles. The van der Waals surface area contributed by atoms with E-state index in [1.165, 1.54) is 0 Å². The van der Waals surface area contributed by atoms with Crippen molar-refractivity contribution in [3.05, 3.63) is 45.4 Å². The molecule has 1 aromatic carbocycles. The fourth-order valence-corrected chi connectivity index (χ4v) is 4.57. The highest BCUT2D eigenvalue weighted by atomic mass is 35.5. The van der Waals surface area contributed by atoms with Crippen LogP contribution in [0.3, 0.4) is 0 Å². The molecule has 2 atom stereocenters. The van der Waals surface area contributed by atoms with Crippen LogP contribution >= 0.6 is 11.6 Å². The molecule has 0 aliphatic rings. The van der Waals surface area contributed by atoms with Gasteiger partial charge in [0.2, 0.25) is 0 Å². The van der Waals surface area contributed by atoms with E-state index in [0.717, 1.165) is 56.4 Å². The third-order valence-electron chi connectivity index (χ3n) is 5.97. The molecule has 0 spiro atoms. The lowest BCUT2D eigenvalue weighted by molar-refractivity contribution is 0.0973. The first-order valence-electron chi connectivity index (χ1n) is 10.9. The first-order chi connectivity index (χ1) is 15.1. The van der Waals surface area contributed by atoms with Crippen molar-refractivity contribution in [2.75, 3.05) is 12.4 Å². The first kappa shape index (κ1) is 23.9. The van der Waals surface area contributed by atoms with Crippen LogP contribution in [-0.4, -0.2) is 39.8 Å². The standard InChI is InChI=1S/C24H32ClN5O2/c1-9-19(16(6)32-24(31)26-8)29-22-20-14(4)15(5)30(23(20)28-17(7)27-22)21-12(2)10-18(25)11-13(21)3/h10-11,16,19H,9H2,1-8H3,(H,26,31)(H,27,28,29). The van der Waals surface area contributed by atoms with E-state index in [9.17, 15) is 4.79 Å². The van der Waals surface area contributed by atoms with E-state index in [1.807, 2.05) is 26.0 Å². The summed E-state index contributed by atoms with van der Waals surface area (Å²) >= 11 is 6.29. The highest BCUT2D eigenvalue weighted by Gasteiger charge is 2.25. The second kappa shape index (κ2) is 9.36. The lowest BCUT2D eigenvalue weighted by Gasteiger charge is -2.25. The molecular formula is C24H32ClN5O2. The van der Waals surface area contributed by atoms with Crippen LogP contribution in [0.4, 0.5) is 10.6 Å². The molecular weight excluding hydrogens is 426 g/mol. The van der Waals surface area contributed by atoms with Gasteiger partial charge in [-0.2, -0.15) is 0 Å². The third-order valence-corrected chi connectivity index (χ3v) is 6.19. The lowest BCUT2D eigenvalue weighted by Crippen LogP contribution is -2.37. The van der Waals surface area contributed by atoms with Crippen LogP contribution in [0.2, 0.25) is 5.02 Å². The molecule has 3 rings (SSSR count). The predicted octanol–water partition coefficient (Wildman–Crippen LogP) is 5.55. The van der Waals surface area contributed by atoms with Gasteiger partial charge in [-0.05, 0) is 76.8 Å². The molecule has 0 fully saturated rings. The fraction of sp³-hybridized carbons (Fsp3) is 0.458. The average molecular weight is 458 g/mol. The Morgan fingerprint density at radius 3 is 2.34 bits per heavy atom. The molecule has 2 aromatic heterocycles. The number of anilines is 1. The number of hydrogen-bond acceptors (Lipinski definition) is 5. The summed E-state index contributed by atoms with van der Waals surface area (Å²) in [4.78, 5) is 21.3. The van der Waals surface area contributed by atoms with Gasteiger partial charge in [0.25, 0.3) is 0 Å². The van der Waals surface area contributed by atoms with Gasteiger partial charge in [0.1, 0.15) is 17.7 Å². The molecule has 32 heavy (non-hydrogen) atoms. The van der Waals surface area contributed by atoms with Gasteiger partial charge in [0.05, 0.1) is 17.1 Å². The number of carbonyl (C=O) groups is 1. The van der Waals surface area contributed by atoms with Gasteiger partial charge < -0.3 is 15.4 Å². The zero-order chi connectivity index (χ0) is 23.7. The van der Waals surface area contributed by atoms with E-state index < -0.39 is 6.09 Å². The van der Waals surface area contributed by atoms with Crippen molar-refractivity contribution >= 4 is 34.5 Å². The van der Waals surface area contributed by atoms with Crippen LogP contribution in [0.1, 0.15) is 48.5 Å². The number of alkyl carbamates (subject to hydrolysis) is 1. The Bertz CT molecular complexity index is 1150. The number of ether oxygens (including phenoxy) is 1. The normalized spacial score (nSPS) is 13.2. The van der Waals surface area contributed by atoms with Crippen molar-refractivity contribution in [3.8, 4) is 5.69 Å². The molecule has 8 heteroatoms. The molecule has 1 amide bonds. The number of halogens is 1. The zero-order valence-corrected chi connectivity index (χ0v) is 20.8. The molecule has 0 aliphatic carbocycles. The van der Waals surface area contributed by atoms with E-state index in [0.29, 0.717) is 5.82 Å². The maximum absolute atomic E-state index is 11.7. The number of nitrogens with zero attached hydrogens (tertiary/aromatic N) is 3. The van der Waals surface area contributed by atoms with Crippen LogP contribution in [0.15, 0.2) is 12.1 Å². The van der Waals surface area contributed by atoms with Crippen molar-refractivity contribution in [1.29, 1.82) is 0 Å². The van der Waals surface area contributed by atoms with Crippen LogP contribution in [0, 0.1) is 34.6 Å². The van der Waals surface area contributed by atoms with E-state index in [2.05, 4.69) is 49.8 Å². The zero-order valence-electron chi connectivity index (χ0n) is 20.1. The number of carbonyl (C=O) groups excluding carboxylic acids is 1. The van der Waals surface area contributed by atoms with Crippen molar-refractivity contribution in [2.24, 2.45) is 0 Å². The summed E-state index contributed by atoms with van der Waals surface area (Å²) in [5, 5.41) is 7.71. The number of fused-ring (bicyclic) bond motifs is 1. The summed E-state index contributed by atoms with van der Waals surface area (Å²) in [6, 6.07) is 3.84. The number of nitrogens with one attached hydrogen (secondary N) is 2. The lowest BCUT2D eigenvalue weighted by atomic mass is 10.1. The van der Waals surface area contributed by atoms with Crippen LogP contribution in [-0.2, 0) is 4.74 Å². The van der Waals surface area contributed by atoms with E-state index in [-0.39, 0.29) is 12.1 Å². The van der Waals surface area contributed by atoms with Gasteiger partial charge >= 0.3 is 6.09 Å². The highest BCUT2D eigenvalue weighted by molar-refractivity contribution is 6.30. The minimum atomic E-state index is -0.450. The van der Waals surface area contributed by atoms with Crippen molar-refractivity contribution in [3.63, 3.8) is 0 Å². The van der Waals surface area contributed by atoms with Crippen molar-refractivity contribution in [2.45, 2.75) is 67.0 Å². The first-order valence-corrected chi connectivity index (χ1v) is 11.2. The minimum Gasteiger partial charge on any atom is -0.444 e. The van der Waals surface area contributed by atoms with Gasteiger partial charge in [-0.3, -0.25) is 4.57 Å². The Kier molecular flexibility index (Phi) is 6.98. The van der Waals surface area contributed by atoms with Crippen LogP contribution in [0.25, 0.3) is 16.7 Å². The van der Waals surface area contributed by atoms with Crippen LogP contribution < -0.4 is 10.6 Å². The van der Waals surface area contributed by atoms with Gasteiger partial charge in [-0.1, -0.05) is 18.5 Å².